The van der Waals surface area contributed by atoms with Crippen LogP contribution in [0.25, 0.3) is 0 Å². The first kappa shape index (κ1) is 11.9. The van der Waals surface area contributed by atoms with E-state index in [0.29, 0.717) is 6.54 Å². The summed E-state index contributed by atoms with van der Waals surface area (Å²) in [6, 6.07) is 0. The Morgan fingerprint density at radius 1 is 1.17 bits per heavy atom. The predicted molar refractivity (Wildman–Crippen MR) is 50.2 cm³/mol. The number of ether oxygens (including phenoxy) is 2. The second-order valence-corrected chi connectivity index (χ2v) is 3.51. The first-order valence-electron chi connectivity index (χ1n) is 4.45. The molecule has 12 heavy (non-hydrogen) atoms. The van der Waals surface area contributed by atoms with E-state index >= 15 is 0 Å². The minimum absolute atomic E-state index is 0.174. The molecule has 0 aromatic rings. The molecule has 0 radical (unpaired) electrons. The van der Waals surface area contributed by atoms with E-state index in [1.165, 1.54) is 0 Å². The third-order valence-electron chi connectivity index (χ3n) is 1.73. The SMILES string of the molecule is COCCCCOC(C)(C)CN. The van der Waals surface area contributed by atoms with Gasteiger partial charge in [0.15, 0.2) is 0 Å². The predicted octanol–water partition coefficient (Wildman–Crippen LogP) is 1.17. The summed E-state index contributed by atoms with van der Waals surface area (Å²) in [6.45, 7) is 6.16. The van der Waals surface area contributed by atoms with Crippen LogP contribution in [0, 0.1) is 0 Å². The number of hydrogen-bond donors (Lipinski definition) is 1. The molecule has 0 aromatic heterocycles. The molecule has 0 rings (SSSR count). The van der Waals surface area contributed by atoms with Crippen LogP contribution < -0.4 is 5.73 Å². The second-order valence-electron chi connectivity index (χ2n) is 3.51. The Balaban J connectivity index is 3.19. The minimum Gasteiger partial charge on any atom is -0.385 e. The van der Waals surface area contributed by atoms with Crippen LogP contribution in [0.4, 0.5) is 0 Å². The van der Waals surface area contributed by atoms with Crippen molar-refractivity contribution in [3.63, 3.8) is 0 Å². The van der Waals surface area contributed by atoms with Gasteiger partial charge >= 0.3 is 0 Å². The average molecular weight is 175 g/mol. The summed E-state index contributed by atoms with van der Waals surface area (Å²) in [6.07, 6.45) is 2.09. The van der Waals surface area contributed by atoms with Gasteiger partial charge in [0.05, 0.1) is 5.60 Å². The van der Waals surface area contributed by atoms with Crippen molar-refractivity contribution in [1.82, 2.24) is 0 Å². The molecule has 74 valence electrons. The van der Waals surface area contributed by atoms with Crippen LogP contribution >= 0.6 is 0 Å². The Hall–Kier alpha value is -0.120. The molecule has 3 nitrogen and oxygen atoms in total. The van der Waals surface area contributed by atoms with Gasteiger partial charge in [0, 0.05) is 26.9 Å². The van der Waals surface area contributed by atoms with E-state index < -0.39 is 0 Å². The number of rotatable bonds is 7. The maximum absolute atomic E-state index is 5.54. The van der Waals surface area contributed by atoms with Crippen LogP contribution in [0.2, 0.25) is 0 Å². The fourth-order valence-electron chi connectivity index (χ4n) is 0.756. The maximum Gasteiger partial charge on any atom is 0.0748 e. The first-order chi connectivity index (χ1) is 5.62. The highest BCUT2D eigenvalue weighted by Gasteiger charge is 2.14. The van der Waals surface area contributed by atoms with Crippen LogP contribution in [0.15, 0.2) is 0 Å². The van der Waals surface area contributed by atoms with E-state index in [9.17, 15) is 0 Å². The standard InChI is InChI=1S/C9H21NO2/c1-9(2,8-10)12-7-5-4-6-11-3/h4-8,10H2,1-3H3. The summed E-state index contributed by atoms with van der Waals surface area (Å²) in [5.74, 6) is 0. The highest BCUT2D eigenvalue weighted by molar-refractivity contribution is 4.68. The van der Waals surface area contributed by atoms with Gasteiger partial charge in [-0.3, -0.25) is 0 Å². The second kappa shape index (κ2) is 6.40. The van der Waals surface area contributed by atoms with Crippen molar-refractivity contribution in [2.75, 3.05) is 26.9 Å². The molecule has 0 bridgehead atoms. The number of unbranched alkanes of at least 4 members (excludes halogenated alkanes) is 1. The maximum atomic E-state index is 5.54. The minimum atomic E-state index is -0.174. The van der Waals surface area contributed by atoms with E-state index in [2.05, 4.69) is 0 Å². The van der Waals surface area contributed by atoms with Crippen molar-refractivity contribution in [2.45, 2.75) is 32.3 Å². The largest absolute Gasteiger partial charge is 0.385 e. The van der Waals surface area contributed by atoms with Crippen molar-refractivity contribution in [3.05, 3.63) is 0 Å². The smallest absolute Gasteiger partial charge is 0.0748 e. The molecule has 0 atom stereocenters. The highest BCUT2D eigenvalue weighted by Crippen LogP contribution is 2.07. The van der Waals surface area contributed by atoms with Gasteiger partial charge in [-0.05, 0) is 26.7 Å². The van der Waals surface area contributed by atoms with Crippen molar-refractivity contribution < 1.29 is 9.47 Å². The lowest BCUT2D eigenvalue weighted by Gasteiger charge is -2.22. The molecule has 0 aliphatic rings. The molecule has 0 fully saturated rings. The van der Waals surface area contributed by atoms with E-state index in [0.717, 1.165) is 26.1 Å². The van der Waals surface area contributed by atoms with Crippen LogP contribution in [0.5, 0.6) is 0 Å². The molecule has 0 heterocycles. The van der Waals surface area contributed by atoms with E-state index in [-0.39, 0.29) is 5.60 Å². The molecule has 0 saturated carbocycles. The molecule has 0 saturated heterocycles. The van der Waals surface area contributed by atoms with Crippen molar-refractivity contribution in [1.29, 1.82) is 0 Å². The van der Waals surface area contributed by atoms with Gasteiger partial charge in [-0.1, -0.05) is 0 Å². The quantitative estimate of drug-likeness (QED) is 0.591. The molecule has 0 aromatic carbocycles. The van der Waals surface area contributed by atoms with Gasteiger partial charge in [0.25, 0.3) is 0 Å². The normalized spacial score (nSPS) is 12.0. The number of nitrogens with two attached hydrogens (primary N) is 1. The molecular weight excluding hydrogens is 154 g/mol. The molecular formula is C9H21NO2. The summed E-state index contributed by atoms with van der Waals surface area (Å²) in [4.78, 5) is 0. The lowest BCUT2D eigenvalue weighted by Crippen LogP contribution is -2.34. The zero-order chi connectivity index (χ0) is 9.45. The van der Waals surface area contributed by atoms with Crippen molar-refractivity contribution in [2.24, 2.45) is 5.73 Å². The first-order valence-corrected chi connectivity index (χ1v) is 4.45. The monoisotopic (exact) mass is 175 g/mol. The number of methoxy groups -OCH3 is 1. The van der Waals surface area contributed by atoms with Gasteiger partial charge < -0.3 is 15.2 Å². The van der Waals surface area contributed by atoms with Gasteiger partial charge in [-0.25, -0.2) is 0 Å². The molecule has 0 amide bonds. The average Bonchev–Trinajstić information content (AvgIpc) is 2.04. The third-order valence-corrected chi connectivity index (χ3v) is 1.73. The van der Waals surface area contributed by atoms with E-state index in [1.54, 1.807) is 7.11 Å². The van der Waals surface area contributed by atoms with E-state index in [4.69, 9.17) is 15.2 Å². The third kappa shape index (κ3) is 6.58. The van der Waals surface area contributed by atoms with Gasteiger partial charge in [-0.2, -0.15) is 0 Å². The lowest BCUT2D eigenvalue weighted by atomic mass is 10.1. The van der Waals surface area contributed by atoms with E-state index in [1.807, 2.05) is 13.8 Å². The van der Waals surface area contributed by atoms with Crippen molar-refractivity contribution in [3.8, 4) is 0 Å². The molecule has 2 N–H and O–H groups in total. The molecule has 0 spiro atoms. The van der Waals surface area contributed by atoms with Crippen LogP contribution in [0.1, 0.15) is 26.7 Å². The van der Waals surface area contributed by atoms with Gasteiger partial charge in [0.1, 0.15) is 0 Å². The fourth-order valence-corrected chi connectivity index (χ4v) is 0.756. The van der Waals surface area contributed by atoms with Gasteiger partial charge in [-0.15, -0.1) is 0 Å². The zero-order valence-electron chi connectivity index (χ0n) is 8.43. The Bertz CT molecular complexity index is 105. The topological polar surface area (TPSA) is 44.5 Å². The Labute approximate surface area is 75.2 Å². The summed E-state index contributed by atoms with van der Waals surface area (Å²) in [5, 5.41) is 0. The number of hydrogen-bond acceptors (Lipinski definition) is 3. The molecule has 0 aliphatic carbocycles. The molecule has 0 unspecified atom stereocenters. The Kier molecular flexibility index (Phi) is 6.34. The highest BCUT2D eigenvalue weighted by atomic mass is 16.5. The van der Waals surface area contributed by atoms with Crippen molar-refractivity contribution >= 4 is 0 Å². The zero-order valence-corrected chi connectivity index (χ0v) is 8.43. The molecule has 0 aliphatic heterocycles. The molecule has 3 heteroatoms. The summed E-state index contributed by atoms with van der Waals surface area (Å²) >= 11 is 0. The summed E-state index contributed by atoms with van der Waals surface area (Å²) in [5.41, 5.74) is 5.32. The summed E-state index contributed by atoms with van der Waals surface area (Å²) in [7, 11) is 1.71. The van der Waals surface area contributed by atoms with Crippen LogP contribution in [0.3, 0.4) is 0 Å². The lowest BCUT2D eigenvalue weighted by molar-refractivity contribution is -0.0136. The van der Waals surface area contributed by atoms with Crippen LogP contribution in [-0.4, -0.2) is 32.5 Å². The Morgan fingerprint density at radius 3 is 2.25 bits per heavy atom. The Morgan fingerprint density at radius 2 is 1.75 bits per heavy atom. The van der Waals surface area contributed by atoms with Gasteiger partial charge in [0.2, 0.25) is 0 Å². The van der Waals surface area contributed by atoms with Crippen LogP contribution in [-0.2, 0) is 9.47 Å². The summed E-state index contributed by atoms with van der Waals surface area (Å²) < 4.78 is 10.5. The fraction of sp³-hybridized carbons (Fsp3) is 1.00.